The molecule has 0 radical (unpaired) electrons. The fourth-order valence-electron chi connectivity index (χ4n) is 2.99. The molecule has 0 saturated heterocycles. The van der Waals surface area contributed by atoms with E-state index in [9.17, 15) is 8.42 Å². The molecule has 5 heteroatoms. The van der Waals surface area contributed by atoms with Crippen LogP contribution in [0.15, 0.2) is 29.2 Å². The highest BCUT2D eigenvalue weighted by atomic mass is 32.2. The molecular formula is C16H26N2O2S. The van der Waals surface area contributed by atoms with E-state index >= 15 is 0 Å². The van der Waals surface area contributed by atoms with Gasteiger partial charge in [-0.25, -0.2) is 13.1 Å². The van der Waals surface area contributed by atoms with Crippen LogP contribution in [0.25, 0.3) is 0 Å². The van der Waals surface area contributed by atoms with Crippen LogP contribution in [0.5, 0.6) is 0 Å². The van der Waals surface area contributed by atoms with Crippen molar-refractivity contribution < 1.29 is 8.42 Å². The van der Waals surface area contributed by atoms with E-state index in [1.165, 1.54) is 12.8 Å². The highest BCUT2D eigenvalue weighted by Crippen LogP contribution is 2.30. The maximum absolute atomic E-state index is 12.5. The summed E-state index contributed by atoms with van der Waals surface area (Å²) in [5.74, 6) is 1.09. The molecule has 1 aromatic carbocycles. The van der Waals surface area contributed by atoms with Gasteiger partial charge in [-0.3, -0.25) is 0 Å². The summed E-state index contributed by atoms with van der Waals surface area (Å²) < 4.78 is 27.9. The molecule has 4 nitrogen and oxygen atoms in total. The fraction of sp³-hybridized carbons (Fsp3) is 0.625. The third-order valence-electron chi connectivity index (χ3n) is 4.40. The lowest BCUT2D eigenvalue weighted by atomic mass is 9.99. The Labute approximate surface area is 128 Å². The van der Waals surface area contributed by atoms with Gasteiger partial charge < -0.3 is 5.32 Å². The summed E-state index contributed by atoms with van der Waals surface area (Å²) in [6, 6.07) is 7.22. The van der Waals surface area contributed by atoms with Gasteiger partial charge in [0.15, 0.2) is 0 Å². The van der Waals surface area contributed by atoms with Crippen molar-refractivity contribution in [2.75, 3.05) is 13.1 Å². The first-order chi connectivity index (χ1) is 10.0. The Hall–Kier alpha value is -0.910. The van der Waals surface area contributed by atoms with E-state index < -0.39 is 10.0 Å². The minimum atomic E-state index is -3.42. The number of benzene rings is 1. The average molecular weight is 310 g/mol. The van der Waals surface area contributed by atoms with Crippen molar-refractivity contribution in [2.24, 2.45) is 11.8 Å². The molecular weight excluding hydrogens is 284 g/mol. The van der Waals surface area contributed by atoms with E-state index in [4.69, 9.17) is 0 Å². The summed E-state index contributed by atoms with van der Waals surface area (Å²) in [6.07, 6.45) is 3.55. The highest BCUT2D eigenvalue weighted by molar-refractivity contribution is 7.89. The zero-order valence-corrected chi connectivity index (χ0v) is 13.7. The number of hydrogen-bond acceptors (Lipinski definition) is 3. The molecule has 0 aromatic heterocycles. The molecule has 0 heterocycles. The molecule has 2 atom stereocenters. The highest BCUT2D eigenvalue weighted by Gasteiger charge is 2.26. The Morgan fingerprint density at radius 3 is 2.67 bits per heavy atom. The van der Waals surface area contributed by atoms with Gasteiger partial charge in [0.25, 0.3) is 0 Å². The zero-order chi connectivity index (χ0) is 15.3. The third-order valence-corrected chi connectivity index (χ3v) is 5.93. The molecule has 1 aromatic rings. The van der Waals surface area contributed by atoms with Crippen molar-refractivity contribution in [3.63, 3.8) is 0 Å². The van der Waals surface area contributed by atoms with Gasteiger partial charge in [0.05, 0.1) is 4.90 Å². The van der Waals surface area contributed by atoms with Crippen LogP contribution in [-0.2, 0) is 16.6 Å². The first kappa shape index (κ1) is 16.5. The molecule has 1 fully saturated rings. The normalized spacial score (nSPS) is 22.6. The molecule has 1 aliphatic carbocycles. The number of sulfonamides is 1. The van der Waals surface area contributed by atoms with Crippen molar-refractivity contribution in [3.05, 3.63) is 29.8 Å². The van der Waals surface area contributed by atoms with Gasteiger partial charge in [0, 0.05) is 13.1 Å². The smallest absolute Gasteiger partial charge is 0.240 e. The first-order valence-corrected chi connectivity index (χ1v) is 9.31. The Morgan fingerprint density at radius 2 is 2.00 bits per heavy atom. The second-order valence-electron chi connectivity index (χ2n) is 5.91. The molecule has 0 spiro atoms. The lowest BCUT2D eigenvalue weighted by Gasteiger charge is -2.17. The molecule has 1 saturated carbocycles. The zero-order valence-electron chi connectivity index (χ0n) is 12.9. The quantitative estimate of drug-likeness (QED) is 0.813. The average Bonchev–Trinajstić information content (AvgIpc) is 2.89. The lowest BCUT2D eigenvalue weighted by molar-refractivity contribution is 0.414. The predicted octanol–water partition coefficient (Wildman–Crippen LogP) is 2.51. The fourth-order valence-corrected chi connectivity index (χ4v) is 4.32. The predicted molar refractivity (Wildman–Crippen MR) is 85.5 cm³/mol. The van der Waals surface area contributed by atoms with Crippen LogP contribution in [0.4, 0.5) is 0 Å². The van der Waals surface area contributed by atoms with E-state index in [1.54, 1.807) is 12.1 Å². The van der Waals surface area contributed by atoms with Crippen molar-refractivity contribution in [1.82, 2.24) is 10.0 Å². The van der Waals surface area contributed by atoms with Gasteiger partial charge in [0.2, 0.25) is 10.0 Å². The summed E-state index contributed by atoms with van der Waals surface area (Å²) in [5.41, 5.74) is 0.825. The van der Waals surface area contributed by atoms with E-state index in [1.807, 2.05) is 19.1 Å². The second kappa shape index (κ2) is 7.38. The monoisotopic (exact) mass is 310 g/mol. The van der Waals surface area contributed by atoms with Crippen molar-refractivity contribution in [2.45, 2.75) is 44.6 Å². The standard InChI is InChI=1S/C16H26N2O2S/c1-3-17-11-15-8-4-5-10-16(15)21(19,20)18-12-14-9-6-7-13(14)2/h4-5,8,10,13-14,17-18H,3,6-7,9,11-12H2,1-2H3. The van der Waals surface area contributed by atoms with Gasteiger partial charge in [-0.05, 0) is 36.4 Å². The van der Waals surface area contributed by atoms with Crippen LogP contribution in [-0.4, -0.2) is 21.5 Å². The van der Waals surface area contributed by atoms with Crippen LogP contribution >= 0.6 is 0 Å². The van der Waals surface area contributed by atoms with Gasteiger partial charge in [0.1, 0.15) is 0 Å². The van der Waals surface area contributed by atoms with E-state index in [0.717, 1.165) is 18.5 Å². The Bertz CT molecular complexity index is 557. The van der Waals surface area contributed by atoms with Crippen molar-refractivity contribution in [1.29, 1.82) is 0 Å². The van der Waals surface area contributed by atoms with Crippen LogP contribution < -0.4 is 10.0 Å². The SMILES string of the molecule is CCNCc1ccccc1S(=O)(=O)NCC1CCCC1C. The van der Waals surface area contributed by atoms with Crippen molar-refractivity contribution in [3.8, 4) is 0 Å². The van der Waals surface area contributed by atoms with E-state index in [-0.39, 0.29) is 0 Å². The van der Waals surface area contributed by atoms with Gasteiger partial charge in [-0.1, -0.05) is 44.9 Å². The van der Waals surface area contributed by atoms with Crippen LogP contribution in [0, 0.1) is 11.8 Å². The minimum absolute atomic E-state index is 0.400. The molecule has 1 aliphatic rings. The minimum Gasteiger partial charge on any atom is -0.313 e. The van der Waals surface area contributed by atoms with Crippen LogP contribution in [0.2, 0.25) is 0 Å². The van der Waals surface area contributed by atoms with Crippen molar-refractivity contribution >= 4 is 10.0 Å². The van der Waals surface area contributed by atoms with Gasteiger partial charge in [-0.15, -0.1) is 0 Å². The summed E-state index contributed by atoms with van der Waals surface area (Å²) in [6.45, 7) is 6.18. The topological polar surface area (TPSA) is 58.2 Å². The molecule has 2 rings (SSSR count). The Morgan fingerprint density at radius 1 is 1.24 bits per heavy atom. The molecule has 0 bridgehead atoms. The maximum Gasteiger partial charge on any atom is 0.240 e. The first-order valence-electron chi connectivity index (χ1n) is 7.83. The Balaban J connectivity index is 2.08. The largest absolute Gasteiger partial charge is 0.313 e. The molecule has 2 unspecified atom stereocenters. The van der Waals surface area contributed by atoms with Gasteiger partial charge >= 0.3 is 0 Å². The Kier molecular flexibility index (Phi) is 5.79. The molecule has 118 valence electrons. The van der Waals surface area contributed by atoms with E-state index in [0.29, 0.717) is 29.8 Å². The molecule has 0 amide bonds. The van der Waals surface area contributed by atoms with E-state index in [2.05, 4.69) is 17.0 Å². The molecule has 2 N–H and O–H groups in total. The second-order valence-corrected chi connectivity index (χ2v) is 7.64. The summed E-state index contributed by atoms with van der Waals surface area (Å²) in [4.78, 5) is 0.400. The summed E-state index contributed by atoms with van der Waals surface area (Å²) in [5, 5.41) is 3.19. The van der Waals surface area contributed by atoms with Crippen LogP contribution in [0.3, 0.4) is 0 Å². The third kappa shape index (κ3) is 4.28. The van der Waals surface area contributed by atoms with Gasteiger partial charge in [-0.2, -0.15) is 0 Å². The lowest BCUT2D eigenvalue weighted by Crippen LogP contribution is -2.31. The summed E-state index contributed by atoms with van der Waals surface area (Å²) >= 11 is 0. The molecule has 0 aliphatic heterocycles. The summed E-state index contributed by atoms with van der Waals surface area (Å²) in [7, 11) is -3.42. The molecule has 21 heavy (non-hydrogen) atoms. The maximum atomic E-state index is 12.5. The number of rotatable bonds is 7. The number of nitrogens with one attached hydrogen (secondary N) is 2. The number of hydrogen-bond donors (Lipinski definition) is 2. The van der Waals surface area contributed by atoms with Crippen LogP contribution in [0.1, 0.15) is 38.7 Å².